The number of ether oxygens (including phenoxy) is 3. The van der Waals surface area contributed by atoms with Crippen LogP contribution in [0.3, 0.4) is 0 Å². The second kappa shape index (κ2) is 6.69. The lowest BCUT2D eigenvalue weighted by Gasteiger charge is -2.15. The smallest absolute Gasteiger partial charge is 0.255 e. The van der Waals surface area contributed by atoms with Crippen molar-refractivity contribution in [1.82, 2.24) is 5.32 Å². The van der Waals surface area contributed by atoms with Gasteiger partial charge in [-0.05, 0) is 24.3 Å². The van der Waals surface area contributed by atoms with Crippen LogP contribution in [0.4, 0.5) is 0 Å². The average Bonchev–Trinajstić information content (AvgIpc) is 3.04. The molecular weight excluding hydrogens is 274 g/mol. The van der Waals surface area contributed by atoms with Crippen molar-refractivity contribution >= 4 is 5.91 Å². The number of carbonyl (C=O) groups is 1. The molecule has 0 aliphatic heterocycles. The van der Waals surface area contributed by atoms with E-state index in [0.29, 0.717) is 35.1 Å². The minimum atomic E-state index is -0.288. The average molecular weight is 291 g/mol. The monoisotopic (exact) mass is 291 g/mol. The molecule has 0 atom stereocenters. The third-order valence-corrected chi connectivity index (χ3v) is 2.95. The van der Waals surface area contributed by atoms with E-state index in [0.717, 1.165) is 0 Å². The highest BCUT2D eigenvalue weighted by atomic mass is 16.5. The molecule has 0 spiro atoms. The summed E-state index contributed by atoms with van der Waals surface area (Å²) in [6, 6.07) is 6.82. The topological polar surface area (TPSA) is 69.9 Å². The van der Waals surface area contributed by atoms with Crippen molar-refractivity contribution in [3.8, 4) is 17.2 Å². The van der Waals surface area contributed by atoms with E-state index in [1.807, 2.05) is 0 Å². The van der Waals surface area contributed by atoms with Gasteiger partial charge in [-0.3, -0.25) is 4.79 Å². The summed E-state index contributed by atoms with van der Waals surface area (Å²) in [5, 5.41) is 2.76. The predicted octanol–water partition coefficient (Wildman–Crippen LogP) is 2.24. The van der Waals surface area contributed by atoms with Gasteiger partial charge in [-0.25, -0.2) is 0 Å². The lowest BCUT2D eigenvalue weighted by Crippen LogP contribution is -2.23. The van der Waals surface area contributed by atoms with Gasteiger partial charge in [-0.2, -0.15) is 0 Å². The minimum absolute atomic E-state index is 0.288. The first-order chi connectivity index (χ1) is 10.2. The van der Waals surface area contributed by atoms with Crippen LogP contribution in [0.2, 0.25) is 0 Å². The van der Waals surface area contributed by atoms with E-state index < -0.39 is 0 Å². The van der Waals surface area contributed by atoms with Crippen molar-refractivity contribution in [3.63, 3.8) is 0 Å². The second-order valence-electron chi connectivity index (χ2n) is 4.14. The number of amides is 1. The van der Waals surface area contributed by atoms with E-state index in [2.05, 4.69) is 5.32 Å². The Morgan fingerprint density at radius 3 is 2.43 bits per heavy atom. The van der Waals surface area contributed by atoms with Crippen LogP contribution in [0.1, 0.15) is 16.1 Å². The van der Waals surface area contributed by atoms with E-state index in [-0.39, 0.29) is 5.91 Å². The molecule has 2 rings (SSSR count). The lowest BCUT2D eigenvalue weighted by atomic mass is 10.1. The molecule has 1 N–H and O–H groups in total. The number of methoxy groups -OCH3 is 3. The van der Waals surface area contributed by atoms with Crippen LogP contribution >= 0.6 is 0 Å². The number of hydrogen-bond donors (Lipinski definition) is 1. The second-order valence-corrected chi connectivity index (χ2v) is 4.14. The summed E-state index contributed by atoms with van der Waals surface area (Å²) in [4.78, 5) is 12.3. The number of hydrogen-bond acceptors (Lipinski definition) is 5. The van der Waals surface area contributed by atoms with Crippen molar-refractivity contribution in [3.05, 3.63) is 41.9 Å². The summed E-state index contributed by atoms with van der Waals surface area (Å²) in [6.45, 7) is 0.295. The predicted molar refractivity (Wildman–Crippen MR) is 76.0 cm³/mol. The number of carbonyl (C=O) groups excluding carboxylic acids is 1. The van der Waals surface area contributed by atoms with Gasteiger partial charge in [0.1, 0.15) is 5.76 Å². The maximum Gasteiger partial charge on any atom is 0.255 e. The first kappa shape index (κ1) is 14.8. The van der Waals surface area contributed by atoms with E-state index in [1.165, 1.54) is 21.3 Å². The third-order valence-electron chi connectivity index (χ3n) is 2.95. The number of rotatable bonds is 6. The fourth-order valence-electron chi connectivity index (χ4n) is 1.96. The molecule has 0 aliphatic rings. The summed E-state index contributed by atoms with van der Waals surface area (Å²) in [6.07, 6.45) is 1.55. The van der Waals surface area contributed by atoms with Crippen LogP contribution in [0.25, 0.3) is 0 Å². The summed E-state index contributed by atoms with van der Waals surface area (Å²) < 4.78 is 20.9. The van der Waals surface area contributed by atoms with Crippen LogP contribution < -0.4 is 19.5 Å². The summed E-state index contributed by atoms with van der Waals surface area (Å²) in [5.74, 6) is 1.59. The highest BCUT2D eigenvalue weighted by Crippen LogP contribution is 2.39. The van der Waals surface area contributed by atoms with Crippen LogP contribution in [-0.2, 0) is 6.54 Å². The van der Waals surface area contributed by atoms with E-state index in [4.69, 9.17) is 18.6 Å². The van der Waals surface area contributed by atoms with Gasteiger partial charge in [0.15, 0.2) is 11.5 Å². The normalized spacial score (nSPS) is 10.0. The zero-order valence-corrected chi connectivity index (χ0v) is 12.1. The molecule has 0 saturated carbocycles. The zero-order chi connectivity index (χ0) is 15.2. The van der Waals surface area contributed by atoms with Gasteiger partial charge in [-0.15, -0.1) is 0 Å². The molecule has 0 aliphatic carbocycles. The van der Waals surface area contributed by atoms with Crippen LogP contribution in [0.15, 0.2) is 34.9 Å². The zero-order valence-electron chi connectivity index (χ0n) is 12.1. The third kappa shape index (κ3) is 3.10. The van der Waals surface area contributed by atoms with Crippen LogP contribution in [0, 0.1) is 0 Å². The number of furan rings is 1. The van der Waals surface area contributed by atoms with Gasteiger partial charge in [0.2, 0.25) is 5.75 Å². The maximum atomic E-state index is 12.3. The fraction of sp³-hybridized carbons (Fsp3) is 0.267. The summed E-state index contributed by atoms with van der Waals surface area (Å²) >= 11 is 0. The summed E-state index contributed by atoms with van der Waals surface area (Å²) in [5.41, 5.74) is 0.363. The van der Waals surface area contributed by atoms with E-state index >= 15 is 0 Å². The molecule has 0 fully saturated rings. The first-order valence-corrected chi connectivity index (χ1v) is 6.30. The molecule has 1 aromatic heterocycles. The highest BCUT2D eigenvalue weighted by molar-refractivity contribution is 5.98. The Bertz CT molecular complexity index is 607. The standard InChI is InChI=1S/C15H17NO5/c1-18-12-7-6-11(13(19-2)14(12)20-3)15(17)16-9-10-5-4-8-21-10/h4-8H,9H2,1-3H3,(H,16,17). The number of benzene rings is 1. The molecule has 21 heavy (non-hydrogen) atoms. The van der Waals surface area contributed by atoms with Crippen molar-refractivity contribution in [2.24, 2.45) is 0 Å². The van der Waals surface area contributed by atoms with Gasteiger partial charge in [0, 0.05) is 0 Å². The van der Waals surface area contributed by atoms with Crippen molar-refractivity contribution < 1.29 is 23.4 Å². The molecule has 0 bridgehead atoms. The lowest BCUT2D eigenvalue weighted by molar-refractivity contribution is 0.0944. The molecule has 6 nitrogen and oxygen atoms in total. The number of nitrogens with one attached hydrogen (secondary N) is 1. The van der Waals surface area contributed by atoms with E-state index in [9.17, 15) is 4.79 Å². The Balaban J connectivity index is 2.23. The Morgan fingerprint density at radius 2 is 1.86 bits per heavy atom. The fourth-order valence-corrected chi connectivity index (χ4v) is 1.96. The Labute approximate surface area is 122 Å². The Morgan fingerprint density at radius 1 is 1.10 bits per heavy atom. The Kier molecular flexibility index (Phi) is 4.71. The molecule has 6 heteroatoms. The van der Waals surface area contributed by atoms with Crippen molar-refractivity contribution in [2.75, 3.05) is 21.3 Å². The molecule has 1 amide bonds. The molecule has 1 heterocycles. The Hall–Kier alpha value is -2.63. The molecule has 0 radical (unpaired) electrons. The van der Waals surface area contributed by atoms with Gasteiger partial charge < -0.3 is 23.9 Å². The van der Waals surface area contributed by atoms with Crippen LogP contribution in [-0.4, -0.2) is 27.2 Å². The molecule has 0 saturated heterocycles. The molecule has 2 aromatic rings. The molecule has 0 unspecified atom stereocenters. The summed E-state index contributed by atoms with van der Waals surface area (Å²) in [7, 11) is 4.49. The molecule has 112 valence electrons. The van der Waals surface area contributed by atoms with Crippen LogP contribution in [0.5, 0.6) is 17.2 Å². The SMILES string of the molecule is COc1ccc(C(=O)NCc2ccco2)c(OC)c1OC. The molecule has 1 aromatic carbocycles. The quantitative estimate of drug-likeness (QED) is 0.884. The van der Waals surface area contributed by atoms with Gasteiger partial charge >= 0.3 is 0 Å². The minimum Gasteiger partial charge on any atom is -0.493 e. The van der Waals surface area contributed by atoms with Gasteiger partial charge in [0.25, 0.3) is 5.91 Å². The van der Waals surface area contributed by atoms with E-state index in [1.54, 1.807) is 30.5 Å². The largest absolute Gasteiger partial charge is 0.493 e. The maximum absolute atomic E-state index is 12.3. The van der Waals surface area contributed by atoms with Gasteiger partial charge in [0.05, 0.1) is 39.7 Å². The highest BCUT2D eigenvalue weighted by Gasteiger charge is 2.20. The van der Waals surface area contributed by atoms with Crippen molar-refractivity contribution in [2.45, 2.75) is 6.54 Å². The van der Waals surface area contributed by atoms with Gasteiger partial charge in [-0.1, -0.05) is 0 Å². The van der Waals surface area contributed by atoms with Crippen molar-refractivity contribution in [1.29, 1.82) is 0 Å². The first-order valence-electron chi connectivity index (χ1n) is 6.30. The molecular formula is C15H17NO5.